The molecule has 0 aromatic heterocycles. The second-order valence-corrected chi connectivity index (χ2v) is 7.36. The van der Waals surface area contributed by atoms with Crippen LogP contribution in [0.25, 0.3) is 0 Å². The van der Waals surface area contributed by atoms with Crippen LogP contribution >= 0.6 is 0 Å². The van der Waals surface area contributed by atoms with Crippen molar-refractivity contribution in [1.82, 2.24) is 0 Å². The van der Waals surface area contributed by atoms with Gasteiger partial charge in [0.25, 0.3) is 0 Å². The van der Waals surface area contributed by atoms with Gasteiger partial charge in [-0.2, -0.15) is 0 Å². The predicted molar refractivity (Wildman–Crippen MR) is 84.9 cm³/mol. The molecule has 0 aliphatic carbocycles. The van der Waals surface area contributed by atoms with E-state index in [0.29, 0.717) is 0 Å². The third kappa shape index (κ3) is 6.09. The zero-order valence-electron chi connectivity index (χ0n) is 11.4. The Morgan fingerprint density at radius 1 is 0.579 bits per heavy atom. The van der Waals surface area contributed by atoms with Crippen molar-refractivity contribution < 1.29 is 0 Å². The number of hydrogen-bond acceptors (Lipinski definition) is 0. The van der Waals surface area contributed by atoms with Crippen LogP contribution in [0.2, 0.25) is 10.6 Å². The van der Waals surface area contributed by atoms with E-state index >= 15 is 0 Å². The molecule has 19 heavy (non-hydrogen) atoms. The van der Waals surface area contributed by atoms with Crippen LogP contribution in [-0.2, 0) is 12.8 Å². The van der Waals surface area contributed by atoms with E-state index in [1.165, 1.54) is 47.4 Å². The Bertz CT molecular complexity index is 392. The van der Waals surface area contributed by atoms with Crippen LogP contribution in [0.3, 0.4) is 0 Å². The second kappa shape index (κ2) is 8.96. The van der Waals surface area contributed by atoms with Crippen LogP contribution in [-0.4, -0.2) is 15.0 Å². The van der Waals surface area contributed by atoms with Crippen LogP contribution in [0.5, 0.6) is 0 Å². The van der Waals surface area contributed by atoms with Gasteiger partial charge in [-0.05, 0) is 0 Å². The molecule has 0 atom stereocenters. The molecule has 0 heterocycles. The summed E-state index contributed by atoms with van der Waals surface area (Å²) in [5.74, 6) is 0. The Hall–Kier alpha value is -1.04. The zero-order valence-corrected chi connectivity index (χ0v) is 13.1. The Balaban J connectivity index is 1.49. The van der Waals surface area contributed by atoms with Gasteiger partial charge in [0.2, 0.25) is 0 Å². The van der Waals surface area contributed by atoms with Gasteiger partial charge in [-0.15, -0.1) is 0 Å². The van der Waals surface area contributed by atoms with Gasteiger partial charge in [0, 0.05) is 0 Å². The molecule has 0 saturated carbocycles. The van der Waals surface area contributed by atoms with Crippen molar-refractivity contribution in [3.63, 3.8) is 0 Å². The summed E-state index contributed by atoms with van der Waals surface area (Å²) >= 11 is 0.837. The first kappa shape index (κ1) is 14.4. The minimum atomic E-state index is 0.837. The number of hydrogen-bond donors (Lipinski definition) is 0. The van der Waals surface area contributed by atoms with Crippen molar-refractivity contribution in [2.24, 2.45) is 0 Å². The molecule has 1 heteroatoms. The van der Waals surface area contributed by atoms with E-state index in [1.54, 1.807) is 0 Å². The molecule has 0 bridgehead atoms. The van der Waals surface area contributed by atoms with Crippen molar-refractivity contribution in [3.05, 3.63) is 71.8 Å². The van der Waals surface area contributed by atoms with E-state index in [0.717, 1.165) is 15.0 Å². The van der Waals surface area contributed by atoms with Crippen LogP contribution in [0, 0.1) is 0 Å². The standard InChI is InChI=1S/C18H22Se/c1-3-9-17(10-4-1)13-7-15-19-16-8-14-18-11-5-2-6-12-18/h1-6,9-12H,7-8,13-16H2. The number of rotatable bonds is 8. The summed E-state index contributed by atoms with van der Waals surface area (Å²) in [6.07, 6.45) is 5.22. The van der Waals surface area contributed by atoms with Crippen molar-refractivity contribution in [2.75, 3.05) is 0 Å². The fourth-order valence-corrected chi connectivity index (χ4v) is 4.04. The summed E-state index contributed by atoms with van der Waals surface area (Å²) in [6, 6.07) is 21.7. The summed E-state index contributed by atoms with van der Waals surface area (Å²) in [7, 11) is 0. The van der Waals surface area contributed by atoms with E-state index in [2.05, 4.69) is 60.7 Å². The van der Waals surface area contributed by atoms with Gasteiger partial charge < -0.3 is 0 Å². The third-order valence-electron chi connectivity index (χ3n) is 3.19. The molecular formula is C18H22Se. The van der Waals surface area contributed by atoms with Gasteiger partial charge in [0.15, 0.2) is 0 Å². The molecule has 0 fully saturated rings. The Labute approximate surface area is 123 Å². The van der Waals surface area contributed by atoms with E-state index < -0.39 is 0 Å². The molecule has 0 saturated heterocycles. The fourth-order valence-electron chi connectivity index (χ4n) is 2.15. The normalized spacial score (nSPS) is 10.5. The number of aryl methyl sites for hydroxylation is 2. The van der Waals surface area contributed by atoms with Gasteiger partial charge in [-0.25, -0.2) is 0 Å². The Kier molecular flexibility index (Phi) is 6.78. The van der Waals surface area contributed by atoms with E-state index in [-0.39, 0.29) is 0 Å². The maximum absolute atomic E-state index is 2.24. The second-order valence-electron chi connectivity index (χ2n) is 4.79. The average molecular weight is 317 g/mol. The quantitative estimate of drug-likeness (QED) is 0.485. The Morgan fingerprint density at radius 2 is 1.00 bits per heavy atom. The summed E-state index contributed by atoms with van der Waals surface area (Å²) < 4.78 is 0. The van der Waals surface area contributed by atoms with Crippen LogP contribution < -0.4 is 0 Å². The minimum absolute atomic E-state index is 0.837. The fraction of sp³-hybridized carbons (Fsp3) is 0.333. The molecule has 0 radical (unpaired) electrons. The summed E-state index contributed by atoms with van der Waals surface area (Å²) in [5, 5.41) is 2.85. The van der Waals surface area contributed by atoms with E-state index in [9.17, 15) is 0 Å². The van der Waals surface area contributed by atoms with E-state index in [4.69, 9.17) is 0 Å². The molecule has 2 aromatic carbocycles. The van der Waals surface area contributed by atoms with E-state index in [1.807, 2.05) is 0 Å². The molecule has 0 nitrogen and oxygen atoms in total. The topological polar surface area (TPSA) is 0 Å². The summed E-state index contributed by atoms with van der Waals surface area (Å²) in [5.41, 5.74) is 2.98. The molecule has 0 aliphatic heterocycles. The van der Waals surface area contributed by atoms with Crippen LogP contribution in [0.1, 0.15) is 24.0 Å². The molecular weight excluding hydrogens is 295 g/mol. The van der Waals surface area contributed by atoms with Gasteiger partial charge >= 0.3 is 123 Å². The molecule has 0 aliphatic rings. The summed E-state index contributed by atoms with van der Waals surface area (Å²) in [4.78, 5) is 0. The first-order chi connectivity index (χ1) is 9.45. The maximum atomic E-state index is 2.24. The third-order valence-corrected chi connectivity index (χ3v) is 5.62. The Morgan fingerprint density at radius 3 is 1.42 bits per heavy atom. The first-order valence-corrected chi connectivity index (χ1v) is 9.53. The number of benzene rings is 2. The van der Waals surface area contributed by atoms with Crippen LogP contribution in [0.15, 0.2) is 60.7 Å². The average Bonchev–Trinajstić information content (AvgIpc) is 2.48. The van der Waals surface area contributed by atoms with Crippen LogP contribution in [0.4, 0.5) is 0 Å². The summed E-state index contributed by atoms with van der Waals surface area (Å²) in [6.45, 7) is 0. The monoisotopic (exact) mass is 318 g/mol. The zero-order chi connectivity index (χ0) is 13.2. The predicted octanol–water partition coefficient (Wildman–Crippen LogP) is 4.79. The van der Waals surface area contributed by atoms with Gasteiger partial charge in [0.05, 0.1) is 0 Å². The molecule has 0 amide bonds. The van der Waals surface area contributed by atoms with Crippen molar-refractivity contribution >= 4 is 15.0 Å². The molecule has 100 valence electrons. The molecule has 0 unspecified atom stereocenters. The van der Waals surface area contributed by atoms with Gasteiger partial charge in [-0.1, -0.05) is 0 Å². The van der Waals surface area contributed by atoms with Gasteiger partial charge in [0.1, 0.15) is 0 Å². The van der Waals surface area contributed by atoms with Crippen molar-refractivity contribution in [3.8, 4) is 0 Å². The van der Waals surface area contributed by atoms with Crippen molar-refractivity contribution in [2.45, 2.75) is 36.3 Å². The molecule has 0 N–H and O–H groups in total. The molecule has 0 spiro atoms. The molecule has 2 aromatic rings. The first-order valence-electron chi connectivity index (χ1n) is 7.11. The van der Waals surface area contributed by atoms with Gasteiger partial charge in [-0.3, -0.25) is 0 Å². The molecule has 2 rings (SSSR count). The van der Waals surface area contributed by atoms with Crippen molar-refractivity contribution in [1.29, 1.82) is 0 Å². The SMILES string of the molecule is c1ccc(CCC[Se]CCCc2ccccc2)cc1.